The van der Waals surface area contributed by atoms with Crippen LogP contribution in [-0.2, 0) is 24.3 Å². The molecular weight excluding hydrogens is 352 g/mol. The van der Waals surface area contributed by atoms with E-state index in [9.17, 15) is 4.79 Å². The molecule has 0 saturated carbocycles. The standard InChI is InChI=1S/C18H24N4OS2/c1-2-19-18(21-12-15-4-3-10-24-15)20-8-5-17(23)22-9-6-16-14(13-22)7-11-25-16/h3-4,7,10-11H,2,5-6,8-9,12-13H2,1H3,(H2,19,20,21). The summed E-state index contributed by atoms with van der Waals surface area (Å²) >= 11 is 3.50. The Morgan fingerprint density at radius 2 is 2.20 bits per heavy atom. The van der Waals surface area contributed by atoms with Gasteiger partial charge in [-0.05, 0) is 41.8 Å². The van der Waals surface area contributed by atoms with E-state index in [0.717, 1.165) is 32.0 Å². The number of carbonyl (C=O) groups is 1. The highest BCUT2D eigenvalue weighted by atomic mass is 32.1. The first-order valence-electron chi connectivity index (χ1n) is 8.64. The van der Waals surface area contributed by atoms with Crippen LogP contribution in [0.3, 0.4) is 0 Å². The molecule has 2 aromatic rings. The Kier molecular flexibility index (Phi) is 6.47. The molecular formula is C18H24N4OS2. The van der Waals surface area contributed by atoms with Crippen LogP contribution in [-0.4, -0.2) is 36.4 Å². The molecule has 1 aliphatic heterocycles. The number of carbonyl (C=O) groups excluding carboxylic acids is 1. The van der Waals surface area contributed by atoms with E-state index in [1.807, 2.05) is 17.9 Å². The van der Waals surface area contributed by atoms with Gasteiger partial charge < -0.3 is 15.5 Å². The fraction of sp³-hybridized carbons (Fsp3) is 0.444. The van der Waals surface area contributed by atoms with Crippen molar-refractivity contribution >= 4 is 34.5 Å². The lowest BCUT2D eigenvalue weighted by Gasteiger charge is -2.27. The highest BCUT2D eigenvalue weighted by molar-refractivity contribution is 7.10. The van der Waals surface area contributed by atoms with Crippen molar-refractivity contribution in [3.63, 3.8) is 0 Å². The maximum atomic E-state index is 12.4. The molecule has 3 rings (SSSR count). The van der Waals surface area contributed by atoms with Crippen LogP contribution in [0.2, 0.25) is 0 Å². The van der Waals surface area contributed by atoms with Crippen molar-refractivity contribution in [2.75, 3.05) is 19.6 Å². The van der Waals surface area contributed by atoms with E-state index in [0.29, 0.717) is 19.5 Å². The molecule has 134 valence electrons. The molecule has 2 aromatic heterocycles. The molecule has 0 radical (unpaired) electrons. The van der Waals surface area contributed by atoms with Crippen LogP contribution in [0.15, 0.2) is 34.0 Å². The Bertz CT molecular complexity index is 708. The van der Waals surface area contributed by atoms with Gasteiger partial charge >= 0.3 is 0 Å². The number of nitrogens with zero attached hydrogens (tertiary/aromatic N) is 2. The SMILES string of the molecule is CCNC(=NCc1cccs1)NCCC(=O)N1CCc2sccc2C1. The predicted octanol–water partition coefficient (Wildman–Crippen LogP) is 2.84. The number of fused-ring (bicyclic) bond motifs is 1. The van der Waals surface area contributed by atoms with Crippen LogP contribution in [0.25, 0.3) is 0 Å². The summed E-state index contributed by atoms with van der Waals surface area (Å²) in [7, 11) is 0. The Morgan fingerprint density at radius 1 is 1.28 bits per heavy atom. The molecule has 0 saturated heterocycles. The van der Waals surface area contributed by atoms with Gasteiger partial charge in [0.2, 0.25) is 5.91 Å². The van der Waals surface area contributed by atoms with Crippen LogP contribution >= 0.6 is 22.7 Å². The number of amides is 1. The van der Waals surface area contributed by atoms with Crippen molar-refractivity contribution in [1.29, 1.82) is 0 Å². The van der Waals surface area contributed by atoms with Gasteiger partial charge in [0, 0.05) is 42.4 Å². The molecule has 0 aromatic carbocycles. The molecule has 3 heterocycles. The third-order valence-electron chi connectivity index (χ3n) is 4.11. The zero-order valence-electron chi connectivity index (χ0n) is 14.5. The molecule has 5 nitrogen and oxygen atoms in total. The summed E-state index contributed by atoms with van der Waals surface area (Å²) in [5, 5.41) is 10.7. The first kappa shape index (κ1) is 17.9. The van der Waals surface area contributed by atoms with Gasteiger partial charge in [-0.3, -0.25) is 4.79 Å². The summed E-state index contributed by atoms with van der Waals surface area (Å²) in [4.78, 5) is 21.6. The second-order valence-corrected chi connectivity index (χ2v) is 7.92. The minimum atomic E-state index is 0.207. The normalized spacial score (nSPS) is 14.3. The molecule has 2 N–H and O–H groups in total. The maximum absolute atomic E-state index is 12.4. The quantitative estimate of drug-likeness (QED) is 0.602. The van der Waals surface area contributed by atoms with Gasteiger partial charge in [0.1, 0.15) is 0 Å². The van der Waals surface area contributed by atoms with Gasteiger partial charge in [-0.15, -0.1) is 22.7 Å². The van der Waals surface area contributed by atoms with Crippen molar-refractivity contribution in [2.45, 2.75) is 32.9 Å². The van der Waals surface area contributed by atoms with E-state index in [4.69, 9.17) is 0 Å². The molecule has 0 bridgehead atoms. The molecule has 0 atom stereocenters. The van der Waals surface area contributed by atoms with Gasteiger partial charge in [-0.1, -0.05) is 6.07 Å². The topological polar surface area (TPSA) is 56.7 Å². The van der Waals surface area contributed by atoms with Crippen molar-refractivity contribution in [1.82, 2.24) is 15.5 Å². The zero-order chi connectivity index (χ0) is 17.5. The Balaban J connectivity index is 1.45. The van der Waals surface area contributed by atoms with E-state index >= 15 is 0 Å². The summed E-state index contributed by atoms with van der Waals surface area (Å²) < 4.78 is 0. The fourth-order valence-electron chi connectivity index (χ4n) is 2.81. The molecule has 0 fully saturated rings. The number of hydrogen-bond acceptors (Lipinski definition) is 4. The summed E-state index contributed by atoms with van der Waals surface area (Å²) in [5.41, 5.74) is 1.31. The molecule has 1 aliphatic rings. The van der Waals surface area contributed by atoms with Crippen LogP contribution in [0.5, 0.6) is 0 Å². The van der Waals surface area contributed by atoms with Crippen molar-refractivity contribution in [2.24, 2.45) is 4.99 Å². The largest absolute Gasteiger partial charge is 0.357 e. The monoisotopic (exact) mass is 376 g/mol. The van der Waals surface area contributed by atoms with Crippen LogP contribution in [0, 0.1) is 0 Å². The Labute approximate surface area is 156 Å². The highest BCUT2D eigenvalue weighted by Gasteiger charge is 2.20. The van der Waals surface area contributed by atoms with E-state index < -0.39 is 0 Å². The lowest BCUT2D eigenvalue weighted by atomic mass is 10.1. The van der Waals surface area contributed by atoms with Crippen molar-refractivity contribution in [3.05, 3.63) is 44.3 Å². The van der Waals surface area contributed by atoms with Gasteiger partial charge in [-0.25, -0.2) is 4.99 Å². The van der Waals surface area contributed by atoms with Crippen molar-refractivity contribution < 1.29 is 4.79 Å². The van der Waals surface area contributed by atoms with Gasteiger partial charge in [0.05, 0.1) is 6.54 Å². The maximum Gasteiger partial charge on any atom is 0.224 e. The molecule has 0 spiro atoms. The van der Waals surface area contributed by atoms with Crippen LogP contribution < -0.4 is 10.6 Å². The average molecular weight is 377 g/mol. The molecule has 25 heavy (non-hydrogen) atoms. The number of nitrogens with one attached hydrogen (secondary N) is 2. The Morgan fingerprint density at radius 3 is 3.00 bits per heavy atom. The fourth-order valence-corrected chi connectivity index (χ4v) is 4.33. The third-order valence-corrected chi connectivity index (χ3v) is 5.99. The predicted molar refractivity (Wildman–Crippen MR) is 105 cm³/mol. The van der Waals surface area contributed by atoms with Crippen LogP contribution in [0.1, 0.15) is 28.7 Å². The molecule has 1 amide bonds. The van der Waals surface area contributed by atoms with Gasteiger partial charge in [-0.2, -0.15) is 0 Å². The summed E-state index contributed by atoms with van der Waals surface area (Å²) in [6, 6.07) is 6.25. The minimum Gasteiger partial charge on any atom is -0.357 e. The third kappa shape index (κ3) is 5.06. The average Bonchev–Trinajstić information content (AvgIpc) is 3.30. The molecule has 0 aliphatic carbocycles. The van der Waals surface area contributed by atoms with Gasteiger partial charge in [0.25, 0.3) is 0 Å². The number of aliphatic imine (C=N–C) groups is 1. The summed E-state index contributed by atoms with van der Waals surface area (Å²) in [5.74, 6) is 0.973. The first-order valence-corrected chi connectivity index (χ1v) is 10.4. The van der Waals surface area contributed by atoms with E-state index in [1.165, 1.54) is 15.3 Å². The summed E-state index contributed by atoms with van der Waals surface area (Å²) in [6.45, 7) is 5.69. The zero-order valence-corrected chi connectivity index (χ0v) is 16.1. The summed E-state index contributed by atoms with van der Waals surface area (Å²) in [6.07, 6.45) is 1.47. The van der Waals surface area contributed by atoms with Gasteiger partial charge in [0.15, 0.2) is 5.96 Å². The number of guanidine groups is 1. The second-order valence-electron chi connectivity index (χ2n) is 5.89. The highest BCUT2D eigenvalue weighted by Crippen LogP contribution is 2.24. The lowest BCUT2D eigenvalue weighted by Crippen LogP contribution is -2.41. The first-order chi connectivity index (χ1) is 12.3. The lowest BCUT2D eigenvalue weighted by molar-refractivity contribution is -0.131. The Hall–Kier alpha value is -1.86. The number of hydrogen-bond donors (Lipinski definition) is 2. The number of rotatable bonds is 6. The molecule has 0 unspecified atom stereocenters. The van der Waals surface area contributed by atoms with E-state index in [2.05, 4.69) is 38.5 Å². The second kappa shape index (κ2) is 9.01. The van der Waals surface area contributed by atoms with E-state index in [1.54, 1.807) is 22.7 Å². The smallest absolute Gasteiger partial charge is 0.224 e. The van der Waals surface area contributed by atoms with Crippen LogP contribution in [0.4, 0.5) is 0 Å². The minimum absolute atomic E-state index is 0.207. The van der Waals surface area contributed by atoms with Crippen molar-refractivity contribution in [3.8, 4) is 0 Å². The molecule has 7 heteroatoms. The van der Waals surface area contributed by atoms with E-state index in [-0.39, 0.29) is 5.91 Å². The number of thiophene rings is 2.